The van der Waals surface area contributed by atoms with Gasteiger partial charge in [-0.2, -0.15) is 0 Å². The summed E-state index contributed by atoms with van der Waals surface area (Å²) in [6.45, 7) is 3.00. The number of hydrogen-bond donors (Lipinski definition) is 8. The standard InChI is InChI=1S/C29H44O12/c1-13-22(34)23(35)24(36)25(40-13)41-15-8-19(32)28(12-30)21-17(3-5-27(28,37)9-15)29(38)6-4-16(14-7-20(33)39-11-14)26(29,2)10-18(21)31/h7,13,15-19,21-25,30-32,34-38H,3-6,8-12H2,1-2H3/t13-,15+,16+,17+,18+,19+,21+,22-,23+,24+,25+,26+,27-,28+,29-/m0/s1. The molecule has 0 bridgehead atoms. The molecule has 41 heavy (non-hydrogen) atoms. The van der Waals surface area contributed by atoms with Gasteiger partial charge in [0.1, 0.15) is 24.9 Å². The van der Waals surface area contributed by atoms with Gasteiger partial charge >= 0.3 is 5.97 Å². The first-order valence-corrected chi connectivity index (χ1v) is 14.9. The summed E-state index contributed by atoms with van der Waals surface area (Å²) in [5.74, 6) is -1.93. The van der Waals surface area contributed by atoms with Crippen molar-refractivity contribution in [1.29, 1.82) is 0 Å². The van der Waals surface area contributed by atoms with Crippen molar-refractivity contribution in [1.82, 2.24) is 0 Å². The molecule has 4 aliphatic carbocycles. The fourth-order valence-electron chi connectivity index (χ4n) is 10.1. The Bertz CT molecular complexity index is 1080. The molecule has 0 aromatic heterocycles. The number of fused-ring (bicyclic) bond motifs is 5. The Hall–Kier alpha value is -1.19. The minimum atomic E-state index is -1.67. The molecule has 0 aromatic rings. The average Bonchev–Trinajstić information content (AvgIpc) is 3.45. The largest absolute Gasteiger partial charge is 0.458 e. The number of aliphatic hydroxyl groups is 8. The average molecular weight is 585 g/mol. The van der Waals surface area contributed by atoms with E-state index < -0.39 is 95.5 Å². The summed E-state index contributed by atoms with van der Waals surface area (Å²) in [4.78, 5) is 11.8. The van der Waals surface area contributed by atoms with Gasteiger partial charge in [0.05, 0.1) is 47.6 Å². The predicted octanol–water partition coefficient (Wildman–Crippen LogP) is -1.51. The van der Waals surface area contributed by atoms with Crippen LogP contribution in [0.3, 0.4) is 0 Å². The van der Waals surface area contributed by atoms with Crippen molar-refractivity contribution in [3.05, 3.63) is 11.6 Å². The maximum atomic E-state index is 12.4. The molecule has 0 spiro atoms. The van der Waals surface area contributed by atoms with Crippen LogP contribution in [0.1, 0.15) is 58.8 Å². The maximum Gasteiger partial charge on any atom is 0.331 e. The van der Waals surface area contributed by atoms with E-state index in [1.54, 1.807) is 0 Å². The number of carbonyl (C=O) groups excluding carboxylic acids is 1. The summed E-state index contributed by atoms with van der Waals surface area (Å²) in [5.41, 5.74) is -4.46. The smallest absolute Gasteiger partial charge is 0.331 e. The molecule has 12 nitrogen and oxygen atoms in total. The van der Waals surface area contributed by atoms with Crippen LogP contribution in [0.5, 0.6) is 0 Å². The van der Waals surface area contributed by atoms with E-state index in [2.05, 4.69) is 0 Å². The molecular formula is C29H44O12. The summed E-state index contributed by atoms with van der Waals surface area (Å²) >= 11 is 0. The molecule has 2 aliphatic heterocycles. The van der Waals surface area contributed by atoms with Crippen LogP contribution in [-0.2, 0) is 19.0 Å². The summed E-state index contributed by atoms with van der Waals surface area (Å²) in [7, 11) is 0. The van der Waals surface area contributed by atoms with Crippen LogP contribution in [0.25, 0.3) is 0 Å². The first-order valence-electron chi connectivity index (χ1n) is 14.9. The number of cyclic esters (lactones) is 1. The third kappa shape index (κ3) is 3.99. The normalized spacial score (nSPS) is 56.9. The van der Waals surface area contributed by atoms with Gasteiger partial charge in [0.2, 0.25) is 0 Å². The molecule has 8 N–H and O–H groups in total. The molecular weight excluding hydrogens is 540 g/mol. The Balaban J connectivity index is 1.28. The third-order valence-electron chi connectivity index (χ3n) is 12.2. The highest BCUT2D eigenvalue weighted by molar-refractivity contribution is 5.85. The Morgan fingerprint density at radius 3 is 2.41 bits per heavy atom. The predicted molar refractivity (Wildman–Crippen MR) is 139 cm³/mol. The zero-order valence-corrected chi connectivity index (χ0v) is 23.5. The lowest BCUT2D eigenvalue weighted by Gasteiger charge is -2.68. The van der Waals surface area contributed by atoms with Crippen LogP contribution < -0.4 is 0 Å². The summed E-state index contributed by atoms with van der Waals surface area (Å²) < 4.78 is 16.7. The summed E-state index contributed by atoms with van der Waals surface area (Å²) in [5, 5.41) is 89.6. The fourth-order valence-corrected chi connectivity index (χ4v) is 10.1. The lowest BCUT2D eigenvalue weighted by atomic mass is 9.40. The molecule has 5 fully saturated rings. The molecule has 4 saturated carbocycles. The molecule has 1 saturated heterocycles. The van der Waals surface area contributed by atoms with Crippen LogP contribution in [0.4, 0.5) is 0 Å². The highest BCUT2D eigenvalue weighted by Gasteiger charge is 2.75. The van der Waals surface area contributed by atoms with Gasteiger partial charge in [-0.15, -0.1) is 0 Å². The van der Waals surface area contributed by atoms with Gasteiger partial charge in [0.25, 0.3) is 0 Å². The molecule has 6 aliphatic rings. The molecule has 0 aromatic carbocycles. The van der Waals surface area contributed by atoms with Crippen LogP contribution in [-0.4, -0.2) is 120 Å². The maximum absolute atomic E-state index is 12.4. The van der Waals surface area contributed by atoms with Crippen LogP contribution in [0.2, 0.25) is 0 Å². The van der Waals surface area contributed by atoms with Gasteiger partial charge in [0.15, 0.2) is 6.29 Å². The molecule has 0 amide bonds. The zero-order chi connectivity index (χ0) is 29.7. The van der Waals surface area contributed by atoms with Crippen LogP contribution in [0, 0.1) is 28.6 Å². The molecule has 6 rings (SSSR count). The summed E-state index contributed by atoms with van der Waals surface area (Å²) in [6.07, 6.45) is -6.68. The van der Waals surface area contributed by atoms with Crippen molar-refractivity contribution in [2.45, 2.75) is 119 Å². The number of aliphatic hydroxyl groups excluding tert-OH is 6. The number of hydrogen-bond acceptors (Lipinski definition) is 12. The molecule has 12 heteroatoms. The van der Waals surface area contributed by atoms with E-state index in [1.165, 1.54) is 13.0 Å². The quantitative estimate of drug-likeness (QED) is 0.140. The van der Waals surface area contributed by atoms with Gasteiger partial charge in [0, 0.05) is 30.3 Å². The van der Waals surface area contributed by atoms with Crippen LogP contribution in [0.15, 0.2) is 11.6 Å². The van der Waals surface area contributed by atoms with E-state index >= 15 is 0 Å². The molecule has 2 heterocycles. The lowest BCUT2D eigenvalue weighted by molar-refractivity contribution is -0.342. The minimum Gasteiger partial charge on any atom is -0.458 e. The fraction of sp³-hybridized carbons (Fsp3) is 0.897. The number of rotatable bonds is 4. The Kier molecular flexibility index (Phi) is 7.22. The van der Waals surface area contributed by atoms with Crippen LogP contribution >= 0.6 is 0 Å². The number of carbonyl (C=O) groups is 1. The lowest BCUT2D eigenvalue weighted by Crippen LogP contribution is -2.76. The second kappa shape index (κ2) is 9.91. The third-order valence-corrected chi connectivity index (χ3v) is 12.2. The first-order chi connectivity index (χ1) is 19.2. The van der Waals surface area contributed by atoms with Gasteiger partial charge in [-0.3, -0.25) is 0 Å². The van der Waals surface area contributed by atoms with Crippen molar-refractivity contribution in [3.63, 3.8) is 0 Å². The molecule has 232 valence electrons. The minimum absolute atomic E-state index is 0.0369. The monoisotopic (exact) mass is 584 g/mol. The second-order valence-electron chi connectivity index (χ2n) is 13.8. The van der Waals surface area contributed by atoms with Crippen molar-refractivity contribution >= 4 is 5.97 Å². The first kappa shape index (κ1) is 29.9. The number of esters is 1. The Morgan fingerprint density at radius 2 is 1.76 bits per heavy atom. The van der Waals surface area contributed by atoms with Crippen molar-refractivity contribution in [2.75, 3.05) is 13.2 Å². The Morgan fingerprint density at radius 1 is 1.02 bits per heavy atom. The molecule has 0 radical (unpaired) electrons. The van der Waals surface area contributed by atoms with Crippen molar-refractivity contribution in [3.8, 4) is 0 Å². The second-order valence-corrected chi connectivity index (χ2v) is 13.8. The Labute approximate surface area is 238 Å². The van der Waals surface area contributed by atoms with Gasteiger partial charge < -0.3 is 55.1 Å². The molecule has 0 unspecified atom stereocenters. The van der Waals surface area contributed by atoms with E-state index in [0.717, 1.165) is 5.57 Å². The van der Waals surface area contributed by atoms with Crippen molar-refractivity contribution in [2.24, 2.45) is 28.6 Å². The highest BCUT2D eigenvalue weighted by atomic mass is 16.7. The number of ether oxygens (including phenoxy) is 3. The highest BCUT2D eigenvalue weighted by Crippen LogP contribution is 2.70. The van der Waals surface area contributed by atoms with E-state index in [0.29, 0.717) is 19.3 Å². The van der Waals surface area contributed by atoms with E-state index in [4.69, 9.17) is 14.2 Å². The topological polar surface area (TPSA) is 207 Å². The van der Waals surface area contributed by atoms with Gasteiger partial charge in [-0.05, 0) is 56.4 Å². The SMILES string of the molecule is C[C@@H]1O[C@H](O[C@@H]2C[C@@H](O)[C@]3(CO)[C@H]4[C@H](O)C[C@]5(C)[C@@H](C6=CC(=O)OC6)CC[C@]5(O)[C@@H]4CC[C@]3(O)C2)[C@H](O)[C@H](O)[C@H]1O. The zero-order valence-electron chi connectivity index (χ0n) is 23.5. The summed E-state index contributed by atoms with van der Waals surface area (Å²) in [6, 6.07) is 0. The van der Waals surface area contributed by atoms with Gasteiger partial charge in [-0.25, -0.2) is 4.79 Å². The van der Waals surface area contributed by atoms with Gasteiger partial charge in [-0.1, -0.05) is 6.92 Å². The van der Waals surface area contributed by atoms with E-state index in [1.807, 2.05) is 6.92 Å². The van der Waals surface area contributed by atoms with E-state index in [9.17, 15) is 45.6 Å². The van der Waals surface area contributed by atoms with Crippen molar-refractivity contribution < 1.29 is 59.9 Å². The van der Waals surface area contributed by atoms with E-state index in [-0.39, 0.29) is 38.2 Å². The molecule has 15 atom stereocenters.